The minimum Gasteiger partial charge on any atom is -0.437 e. The summed E-state index contributed by atoms with van der Waals surface area (Å²) in [5, 5.41) is 20.2. The second kappa shape index (κ2) is 4.38. The number of fused-ring (bicyclic) bond motifs is 1. The largest absolute Gasteiger partial charge is 0.437 e. The van der Waals surface area contributed by atoms with Gasteiger partial charge in [-0.05, 0) is 28.1 Å². The third-order valence-corrected chi connectivity index (χ3v) is 2.38. The molecule has 0 saturated carbocycles. The molecule has 1 N–H and O–H groups in total. The van der Waals surface area contributed by atoms with Crippen LogP contribution in [-0.2, 0) is 6.61 Å². The number of rotatable bonds is 3. The highest BCUT2D eigenvalue weighted by molar-refractivity contribution is 5.37. The maximum absolute atomic E-state index is 9.06. The van der Waals surface area contributed by atoms with Crippen molar-refractivity contribution >= 4 is 5.65 Å². The number of hydrogen-bond acceptors (Lipinski definition) is 6. The fourth-order valence-corrected chi connectivity index (χ4v) is 1.55. The van der Waals surface area contributed by atoms with Gasteiger partial charge in [-0.15, -0.1) is 5.10 Å². The summed E-state index contributed by atoms with van der Waals surface area (Å²) in [7, 11) is 0. The molecule has 0 fully saturated rings. The maximum Gasteiger partial charge on any atom is 0.242 e. The van der Waals surface area contributed by atoms with Crippen LogP contribution in [0.15, 0.2) is 36.7 Å². The monoisotopic (exact) mass is 243 g/mol. The van der Waals surface area contributed by atoms with Crippen LogP contribution in [0.5, 0.6) is 11.6 Å². The van der Waals surface area contributed by atoms with Crippen molar-refractivity contribution in [2.45, 2.75) is 6.61 Å². The molecule has 2 aromatic heterocycles. The second-order valence-corrected chi connectivity index (χ2v) is 3.60. The molecule has 0 atom stereocenters. The quantitative estimate of drug-likeness (QED) is 0.732. The molecule has 0 amide bonds. The summed E-state index contributed by atoms with van der Waals surface area (Å²) < 4.78 is 7.08. The molecule has 3 aromatic rings. The molecular weight excluding hydrogens is 234 g/mol. The normalized spacial score (nSPS) is 10.7. The lowest BCUT2D eigenvalue weighted by Crippen LogP contribution is -1.97. The first-order chi connectivity index (χ1) is 8.86. The predicted octanol–water partition coefficient (Wildman–Crippen LogP) is 0.804. The van der Waals surface area contributed by atoms with Crippen molar-refractivity contribution in [1.82, 2.24) is 25.0 Å². The Morgan fingerprint density at radius 3 is 3.11 bits per heavy atom. The molecule has 0 saturated heterocycles. The molecule has 0 aliphatic carbocycles. The second-order valence-electron chi connectivity index (χ2n) is 3.60. The third-order valence-electron chi connectivity index (χ3n) is 2.38. The van der Waals surface area contributed by atoms with Gasteiger partial charge in [-0.2, -0.15) is 4.52 Å². The van der Waals surface area contributed by atoms with Crippen LogP contribution in [0, 0.1) is 0 Å². The highest BCUT2D eigenvalue weighted by atomic mass is 16.5. The van der Waals surface area contributed by atoms with Gasteiger partial charge in [0.15, 0.2) is 0 Å². The molecule has 0 aliphatic heterocycles. The highest BCUT2D eigenvalue weighted by Gasteiger charge is 2.06. The van der Waals surface area contributed by atoms with Gasteiger partial charge in [-0.1, -0.05) is 12.1 Å². The minimum absolute atomic E-state index is 0.0372. The van der Waals surface area contributed by atoms with Gasteiger partial charge >= 0.3 is 0 Å². The zero-order valence-corrected chi connectivity index (χ0v) is 9.26. The van der Waals surface area contributed by atoms with E-state index in [2.05, 4.69) is 20.5 Å². The van der Waals surface area contributed by atoms with Gasteiger partial charge in [0, 0.05) is 0 Å². The van der Waals surface area contributed by atoms with Crippen molar-refractivity contribution in [1.29, 1.82) is 0 Å². The van der Waals surface area contributed by atoms with Crippen LogP contribution in [0.25, 0.3) is 5.65 Å². The fourth-order valence-electron chi connectivity index (χ4n) is 1.55. The number of nitrogens with zero attached hydrogens (tertiary/aromatic N) is 5. The highest BCUT2D eigenvalue weighted by Crippen LogP contribution is 2.21. The smallest absolute Gasteiger partial charge is 0.242 e. The Bertz CT molecular complexity index is 682. The van der Waals surface area contributed by atoms with Crippen molar-refractivity contribution in [3.8, 4) is 11.6 Å². The fraction of sp³-hybridized carbons (Fsp3) is 0.0909. The molecule has 0 spiro atoms. The Balaban J connectivity index is 1.98. The summed E-state index contributed by atoms with van der Waals surface area (Å²) >= 11 is 0. The standard InChI is InChI=1S/C11H9N5O2/c17-7-8-2-1-3-9(4-8)18-11-6-12-5-10-13-14-15-16(10)11/h1-6,17H,7H2. The van der Waals surface area contributed by atoms with Crippen LogP contribution < -0.4 is 4.74 Å². The van der Waals surface area contributed by atoms with E-state index in [0.29, 0.717) is 17.3 Å². The lowest BCUT2D eigenvalue weighted by atomic mass is 10.2. The average molecular weight is 243 g/mol. The van der Waals surface area contributed by atoms with E-state index in [-0.39, 0.29) is 6.61 Å². The summed E-state index contributed by atoms with van der Waals surface area (Å²) in [4.78, 5) is 3.99. The third kappa shape index (κ3) is 1.87. The molecule has 7 nitrogen and oxygen atoms in total. The van der Waals surface area contributed by atoms with Crippen molar-refractivity contribution in [3.05, 3.63) is 42.2 Å². The molecule has 2 heterocycles. The first-order valence-corrected chi connectivity index (χ1v) is 5.26. The number of benzene rings is 1. The molecular formula is C11H9N5O2. The predicted molar refractivity (Wildman–Crippen MR) is 61.0 cm³/mol. The van der Waals surface area contributed by atoms with E-state index in [1.165, 1.54) is 16.9 Å². The first-order valence-electron chi connectivity index (χ1n) is 5.26. The molecule has 0 radical (unpaired) electrons. The van der Waals surface area contributed by atoms with Crippen LogP contribution in [0.3, 0.4) is 0 Å². The van der Waals surface area contributed by atoms with Crippen LogP contribution in [0.1, 0.15) is 5.56 Å². The molecule has 90 valence electrons. The van der Waals surface area contributed by atoms with Gasteiger partial charge in [0.2, 0.25) is 11.5 Å². The summed E-state index contributed by atoms with van der Waals surface area (Å²) in [5.74, 6) is 0.999. The molecule has 7 heteroatoms. The van der Waals surface area contributed by atoms with Gasteiger partial charge in [0.1, 0.15) is 5.75 Å². The van der Waals surface area contributed by atoms with Crippen molar-refractivity contribution in [3.63, 3.8) is 0 Å². The van der Waals surface area contributed by atoms with E-state index in [1.54, 1.807) is 18.2 Å². The summed E-state index contributed by atoms with van der Waals surface area (Å²) in [6.07, 6.45) is 3.06. The Hall–Kier alpha value is -2.54. The van der Waals surface area contributed by atoms with Crippen LogP contribution >= 0.6 is 0 Å². The van der Waals surface area contributed by atoms with Gasteiger partial charge in [-0.3, -0.25) is 4.98 Å². The lowest BCUT2D eigenvalue weighted by molar-refractivity contribution is 0.281. The SMILES string of the molecule is OCc1cccc(Oc2cncc3nnnn23)c1. The topological polar surface area (TPSA) is 85.4 Å². The molecule has 18 heavy (non-hydrogen) atoms. The molecule has 3 rings (SSSR count). The summed E-state index contributed by atoms with van der Waals surface area (Å²) in [6, 6.07) is 7.13. The van der Waals surface area contributed by atoms with Gasteiger partial charge in [0.05, 0.1) is 19.0 Å². The number of hydrogen-bond donors (Lipinski definition) is 1. The minimum atomic E-state index is -0.0372. The van der Waals surface area contributed by atoms with E-state index < -0.39 is 0 Å². The zero-order chi connectivity index (χ0) is 12.4. The lowest BCUT2D eigenvalue weighted by Gasteiger charge is -2.06. The van der Waals surface area contributed by atoms with Crippen LogP contribution in [0.4, 0.5) is 0 Å². The number of tetrazole rings is 1. The van der Waals surface area contributed by atoms with E-state index in [4.69, 9.17) is 9.84 Å². The van der Waals surface area contributed by atoms with Crippen LogP contribution in [-0.4, -0.2) is 30.1 Å². The Labute approximate surface area is 102 Å². The number of aliphatic hydroxyl groups is 1. The van der Waals surface area contributed by atoms with Crippen LogP contribution in [0.2, 0.25) is 0 Å². The van der Waals surface area contributed by atoms with E-state index in [9.17, 15) is 0 Å². The summed E-state index contributed by atoms with van der Waals surface area (Å²) in [6.45, 7) is -0.0372. The zero-order valence-electron chi connectivity index (χ0n) is 9.26. The number of aliphatic hydroxyl groups excluding tert-OH is 1. The van der Waals surface area contributed by atoms with E-state index in [1.807, 2.05) is 6.07 Å². The maximum atomic E-state index is 9.06. The summed E-state index contributed by atoms with van der Waals surface area (Å²) in [5.41, 5.74) is 1.27. The van der Waals surface area contributed by atoms with Crippen molar-refractivity contribution in [2.75, 3.05) is 0 Å². The average Bonchev–Trinajstić information content (AvgIpc) is 2.88. The molecule has 1 aromatic carbocycles. The van der Waals surface area contributed by atoms with Crippen molar-refractivity contribution < 1.29 is 9.84 Å². The number of ether oxygens (including phenoxy) is 1. The van der Waals surface area contributed by atoms with E-state index >= 15 is 0 Å². The Kier molecular flexibility index (Phi) is 2.58. The van der Waals surface area contributed by atoms with Gasteiger partial charge in [-0.25, -0.2) is 0 Å². The molecule has 0 unspecified atom stereocenters. The molecule has 0 bridgehead atoms. The number of aromatic nitrogens is 5. The Morgan fingerprint density at radius 2 is 2.22 bits per heavy atom. The van der Waals surface area contributed by atoms with Gasteiger partial charge < -0.3 is 9.84 Å². The Morgan fingerprint density at radius 1 is 1.28 bits per heavy atom. The van der Waals surface area contributed by atoms with Gasteiger partial charge in [0.25, 0.3) is 0 Å². The van der Waals surface area contributed by atoms with E-state index in [0.717, 1.165) is 5.56 Å². The van der Waals surface area contributed by atoms with Crippen molar-refractivity contribution in [2.24, 2.45) is 0 Å². The first kappa shape index (κ1) is 10.6. The molecule has 0 aliphatic rings.